The van der Waals surface area contributed by atoms with Crippen LogP contribution < -0.4 is 11.2 Å². The molecule has 2 aromatic heterocycles. The third kappa shape index (κ3) is 4.40. The normalized spacial score (nSPS) is 19.1. The second-order valence-electron chi connectivity index (χ2n) is 8.56. The molecule has 1 fully saturated rings. The monoisotopic (exact) mass is 544 g/mol. The fraction of sp³-hybridized carbons (Fsp3) is 0.348. The highest BCUT2D eigenvalue weighted by molar-refractivity contribution is 7.91. The van der Waals surface area contributed by atoms with E-state index in [9.17, 15) is 18.0 Å². The van der Waals surface area contributed by atoms with Crippen molar-refractivity contribution >= 4 is 54.6 Å². The number of carbonyl (C=O) groups is 2. The Morgan fingerprint density at radius 3 is 2.78 bits per heavy atom. The van der Waals surface area contributed by atoms with E-state index >= 15 is 0 Å². The van der Waals surface area contributed by atoms with Crippen LogP contribution in [0.25, 0.3) is 10.1 Å². The SMILES string of the molecule is C#Cc1ccc2cc(S(=O)(=O)N3CCN(C(=O)c4nc5c(s4)CN(N)CC5)C(C(=O)NC)C3)sc2c1. The summed E-state index contributed by atoms with van der Waals surface area (Å²) in [6, 6.07) is 5.96. The first-order chi connectivity index (χ1) is 17.2. The highest BCUT2D eigenvalue weighted by atomic mass is 32.2. The minimum Gasteiger partial charge on any atom is -0.357 e. The van der Waals surface area contributed by atoms with Crippen molar-refractivity contribution in [2.75, 3.05) is 33.2 Å². The lowest BCUT2D eigenvalue weighted by Crippen LogP contribution is -2.61. The third-order valence-corrected chi connectivity index (χ3v) is 10.8. The molecule has 4 heterocycles. The molecule has 3 N–H and O–H groups in total. The summed E-state index contributed by atoms with van der Waals surface area (Å²) < 4.78 is 29.2. The summed E-state index contributed by atoms with van der Waals surface area (Å²) in [5, 5.41) is 5.30. The van der Waals surface area contributed by atoms with E-state index in [2.05, 4.69) is 16.2 Å². The number of thiazole rings is 1. The van der Waals surface area contributed by atoms with Crippen molar-refractivity contribution in [3.05, 3.63) is 45.4 Å². The number of benzene rings is 1. The highest BCUT2D eigenvalue weighted by Gasteiger charge is 2.41. The molecule has 1 unspecified atom stereocenters. The van der Waals surface area contributed by atoms with Gasteiger partial charge >= 0.3 is 0 Å². The van der Waals surface area contributed by atoms with E-state index in [1.54, 1.807) is 29.3 Å². The van der Waals surface area contributed by atoms with E-state index in [1.165, 1.54) is 27.6 Å². The quantitative estimate of drug-likeness (QED) is 0.368. The van der Waals surface area contributed by atoms with Crippen molar-refractivity contribution in [3.8, 4) is 12.3 Å². The van der Waals surface area contributed by atoms with Crippen LogP contribution in [0.1, 0.15) is 25.9 Å². The van der Waals surface area contributed by atoms with Gasteiger partial charge in [0.1, 0.15) is 10.3 Å². The minimum absolute atomic E-state index is 0.0626. The van der Waals surface area contributed by atoms with Crippen molar-refractivity contribution in [1.29, 1.82) is 0 Å². The van der Waals surface area contributed by atoms with Gasteiger partial charge in [0.25, 0.3) is 15.9 Å². The molecule has 0 saturated carbocycles. The summed E-state index contributed by atoms with van der Waals surface area (Å²) in [4.78, 5) is 33.0. The molecule has 2 aliphatic rings. The van der Waals surface area contributed by atoms with Crippen LogP contribution in [0.4, 0.5) is 0 Å². The van der Waals surface area contributed by atoms with Gasteiger partial charge in [-0.2, -0.15) is 4.31 Å². The minimum atomic E-state index is -3.89. The number of hydrogen-bond acceptors (Lipinski definition) is 9. The van der Waals surface area contributed by atoms with Crippen molar-refractivity contribution in [1.82, 2.24) is 24.5 Å². The Kier molecular flexibility index (Phi) is 6.58. The highest BCUT2D eigenvalue weighted by Crippen LogP contribution is 2.33. The van der Waals surface area contributed by atoms with Gasteiger partial charge < -0.3 is 10.2 Å². The fourth-order valence-corrected chi connectivity index (χ4v) is 8.51. The summed E-state index contributed by atoms with van der Waals surface area (Å²) in [5.74, 6) is 7.63. The van der Waals surface area contributed by atoms with Gasteiger partial charge in [-0.25, -0.2) is 18.4 Å². The van der Waals surface area contributed by atoms with Crippen LogP contribution in [0.5, 0.6) is 0 Å². The Balaban J connectivity index is 1.40. The average molecular weight is 545 g/mol. The zero-order chi connectivity index (χ0) is 25.6. The molecule has 1 aromatic carbocycles. The van der Waals surface area contributed by atoms with Gasteiger partial charge in [-0.05, 0) is 23.6 Å². The van der Waals surface area contributed by atoms with Crippen molar-refractivity contribution in [2.45, 2.75) is 23.2 Å². The molecule has 13 heteroatoms. The smallest absolute Gasteiger partial charge is 0.283 e. The van der Waals surface area contributed by atoms with Crippen molar-refractivity contribution in [2.24, 2.45) is 5.84 Å². The Morgan fingerprint density at radius 2 is 2.03 bits per heavy atom. The van der Waals surface area contributed by atoms with E-state index in [0.29, 0.717) is 25.1 Å². The summed E-state index contributed by atoms with van der Waals surface area (Å²) >= 11 is 2.40. The van der Waals surface area contributed by atoms with Crippen LogP contribution in [0.15, 0.2) is 28.5 Å². The Bertz CT molecular complexity index is 1510. The Morgan fingerprint density at radius 1 is 1.22 bits per heavy atom. The number of terminal acetylenes is 1. The molecular weight excluding hydrogens is 520 g/mol. The van der Waals surface area contributed by atoms with E-state index in [1.807, 2.05) is 0 Å². The van der Waals surface area contributed by atoms with E-state index < -0.39 is 22.0 Å². The van der Waals surface area contributed by atoms with E-state index in [-0.39, 0.29) is 34.8 Å². The van der Waals surface area contributed by atoms with Gasteiger partial charge in [-0.15, -0.1) is 29.1 Å². The molecule has 188 valence electrons. The number of hydrogen-bond donors (Lipinski definition) is 2. The Hall–Kier alpha value is -2.86. The molecule has 2 amide bonds. The van der Waals surface area contributed by atoms with Crippen molar-refractivity contribution in [3.63, 3.8) is 0 Å². The summed E-state index contributed by atoms with van der Waals surface area (Å²) in [5.41, 5.74) is 1.52. The number of nitrogens with zero attached hydrogens (tertiary/aromatic N) is 4. The summed E-state index contributed by atoms with van der Waals surface area (Å²) in [6.45, 7) is 1.15. The number of rotatable bonds is 4. The van der Waals surface area contributed by atoms with Gasteiger partial charge in [0.2, 0.25) is 5.91 Å². The first-order valence-electron chi connectivity index (χ1n) is 11.2. The number of amides is 2. The predicted octanol–water partition coefficient (Wildman–Crippen LogP) is 0.832. The van der Waals surface area contributed by atoms with Crippen molar-refractivity contribution < 1.29 is 18.0 Å². The lowest BCUT2D eigenvalue weighted by atomic mass is 10.1. The van der Waals surface area contributed by atoms with Gasteiger partial charge in [-0.1, -0.05) is 12.0 Å². The van der Waals surface area contributed by atoms with Gasteiger partial charge in [0.05, 0.1) is 5.69 Å². The molecule has 10 nitrogen and oxygen atoms in total. The maximum Gasteiger partial charge on any atom is 0.283 e. The maximum absolute atomic E-state index is 13.5. The summed E-state index contributed by atoms with van der Waals surface area (Å²) in [6.07, 6.45) is 6.12. The van der Waals surface area contributed by atoms with E-state index in [4.69, 9.17) is 12.3 Å². The molecule has 1 saturated heterocycles. The van der Waals surface area contributed by atoms with Gasteiger partial charge in [-0.3, -0.25) is 15.4 Å². The zero-order valence-electron chi connectivity index (χ0n) is 19.4. The zero-order valence-corrected chi connectivity index (χ0v) is 21.9. The first kappa shape index (κ1) is 24.8. The number of nitrogens with one attached hydrogen (secondary N) is 1. The molecule has 1 atom stereocenters. The largest absolute Gasteiger partial charge is 0.357 e. The number of thiophene rings is 1. The number of sulfonamides is 1. The van der Waals surface area contributed by atoms with Gasteiger partial charge in [0.15, 0.2) is 5.01 Å². The molecule has 3 aromatic rings. The van der Waals surface area contributed by atoms with Crippen LogP contribution in [-0.4, -0.2) is 78.7 Å². The number of carbonyl (C=O) groups excluding carboxylic acids is 2. The van der Waals surface area contributed by atoms with Crippen LogP contribution in [0.3, 0.4) is 0 Å². The summed E-state index contributed by atoms with van der Waals surface area (Å²) in [7, 11) is -2.43. The predicted molar refractivity (Wildman–Crippen MR) is 138 cm³/mol. The molecule has 0 spiro atoms. The lowest BCUT2D eigenvalue weighted by Gasteiger charge is -2.39. The second kappa shape index (κ2) is 9.55. The molecule has 0 bridgehead atoms. The number of fused-ring (bicyclic) bond motifs is 2. The van der Waals surface area contributed by atoms with Crippen LogP contribution >= 0.6 is 22.7 Å². The molecule has 2 aliphatic heterocycles. The average Bonchev–Trinajstić information content (AvgIpc) is 3.51. The fourth-order valence-electron chi connectivity index (χ4n) is 4.39. The number of piperazine rings is 1. The topological polar surface area (TPSA) is 129 Å². The first-order valence-corrected chi connectivity index (χ1v) is 14.3. The second-order valence-corrected chi connectivity index (χ2v) is 12.9. The number of aromatic nitrogens is 1. The Labute approximate surface area is 216 Å². The van der Waals surface area contributed by atoms with Crippen LogP contribution in [-0.2, 0) is 27.8 Å². The number of nitrogens with two attached hydrogens (primary N) is 1. The van der Waals surface area contributed by atoms with Crippen LogP contribution in [0, 0.1) is 12.3 Å². The molecule has 0 aliphatic carbocycles. The standard InChI is InChI=1S/C23H24N6O4S3/c1-3-14-4-5-15-11-20(34-18(15)10-14)36(32,33)28-8-9-29(17(12-28)21(30)25-2)23(31)22-26-16-6-7-27(24)13-19(16)35-22/h1,4-5,10-11,17H,6-9,12-13,24H2,2H3,(H,25,30). The number of likely N-dealkylation sites (N-methyl/N-ethyl adjacent to an activating group) is 1. The maximum atomic E-state index is 13.5. The van der Waals surface area contributed by atoms with Crippen LogP contribution in [0.2, 0.25) is 0 Å². The molecule has 36 heavy (non-hydrogen) atoms. The number of hydrazine groups is 1. The molecule has 0 radical (unpaired) electrons. The van der Waals surface area contributed by atoms with Gasteiger partial charge in [0, 0.05) is 61.3 Å². The third-order valence-electron chi connectivity index (χ3n) is 6.36. The van der Waals surface area contributed by atoms with E-state index in [0.717, 1.165) is 32.0 Å². The molecular formula is C23H24N6O4S3. The molecule has 5 rings (SSSR count). The lowest BCUT2D eigenvalue weighted by molar-refractivity contribution is -0.126.